The lowest BCUT2D eigenvalue weighted by atomic mass is 10.1. The number of hydrogen-bond acceptors (Lipinski definition) is 3. The maximum Gasteiger partial charge on any atom is 0.435 e. The molecule has 0 spiro atoms. The number of carbonyl (C=O) groups excluding carboxylic acids is 1. The number of nitrogens with zero attached hydrogens (tertiary/aromatic N) is 4. The summed E-state index contributed by atoms with van der Waals surface area (Å²) in [5.74, 6) is -1.51. The SMILES string of the molecule is Cc1cc(C(F)(F)F)nn1CC(C)C(=O)Nc1nn(Cc2ccccc2F)cc1Cl. The summed E-state index contributed by atoms with van der Waals surface area (Å²) in [4.78, 5) is 12.5. The molecule has 3 rings (SSSR count). The van der Waals surface area contributed by atoms with Gasteiger partial charge in [0, 0.05) is 17.5 Å². The van der Waals surface area contributed by atoms with E-state index in [4.69, 9.17) is 11.6 Å². The lowest BCUT2D eigenvalue weighted by molar-refractivity contribution is -0.141. The summed E-state index contributed by atoms with van der Waals surface area (Å²) in [6, 6.07) is 7.11. The van der Waals surface area contributed by atoms with E-state index in [0.717, 1.165) is 10.7 Å². The van der Waals surface area contributed by atoms with Gasteiger partial charge in [0.1, 0.15) is 10.8 Å². The fourth-order valence-corrected chi connectivity index (χ4v) is 2.98. The van der Waals surface area contributed by atoms with Gasteiger partial charge in [-0.2, -0.15) is 23.4 Å². The number of rotatable bonds is 6. The van der Waals surface area contributed by atoms with Gasteiger partial charge in [-0.25, -0.2) is 4.39 Å². The second-order valence-corrected chi connectivity index (χ2v) is 7.26. The molecule has 1 aromatic carbocycles. The van der Waals surface area contributed by atoms with E-state index in [1.807, 2.05) is 0 Å². The first-order valence-corrected chi connectivity index (χ1v) is 9.31. The summed E-state index contributed by atoms with van der Waals surface area (Å²) >= 11 is 6.10. The molecule has 30 heavy (non-hydrogen) atoms. The lowest BCUT2D eigenvalue weighted by Gasteiger charge is -2.12. The van der Waals surface area contributed by atoms with Gasteiger partial charge in [0.05, 0.1) is 19.0 Å². The Balaban J connectivity index is 1.67. The normalized spacial score (nSPS) is 12.8. The molecule has 0 saturated carbocycles. The zero-order valence-electron chi connectivity index (χ0n) is 16.0. The molecule has 1 unspecified atom stereocenters. The van der Waals surface area contributed by atoms with Crippen molar-refractivity contribution in [3.05, 3.63) is 64.3 Å². The number of alkyl halides is 3. The van der Waals surface area contributed by atoms with Gasteiger partial charge in [0.15, 0.2) is 11.5 Å². The molecule has 160 valence electrons. The quantitative estimate of drug-likeness (QED) is 0.570. The van der Waals surface area contributed by atoms with Crippen molar-refractivity contribution >= 4 is 23.3 Å². The maximum atomic E-state index is 13.8. The Morgan fingerprint density at radius 3 is 2.60 bits per heavy atom. The highest BCUT2D eigenvalue weighted by molar-refractivity contribution is 6.33. The van der Waals surface area contributed by atoms with Crippen LogP contribution in [0.1, 0.15) is 23.9 Å². The van der Waals surface area contributed by atoms with E-state index in [1.165, 1.54) is 23.9 Å². The van der Waals surface area contributed by atoms with Crippen LogP contribution >= 0.6 is 11.6 Å². The molecule has 2 aromatic heterocycles. The number of halogens is 5. The summed E-state index contributed by atoms with van der Waals surface area (Å²) in [6.07, 6.45) is -3.11. The number of benzene rings is 1. The van der Waals surface area contributed by atoms with Gasteiger partial charge in [0.2, 0.25) is 5.91 Å². The highest BCUT2D eigenvalue weighted by Gasteiger charge is 2.34. The first-order valence-electron chi connectivity index (χ1n) is 8.93. The standard InChI is InChI=1S/C19H18ClF4N5O/c1-11(8-29-12(2)7-16(26-29)19(22,23)24)18(30)25-17-14(20)10-28(27-17)9-13-5-3-4-6-15(13)21/h3-7,10-11H,8-9H2,1-2H3,(H,25,27,30). The molecule has 0 aliphatic carbocycles. The highest BCUT2D eigenvalue weighted by atomic mass is 35.5. The van der Waals surface area contributed by atoms with Crippen molar-refractivity contribution in [1.29, 1.82) is 0 Å². The lowest BCUT2D eigenvalue weighted by Crippen LogP contribution is -2.26. The number of aryl methyl sites for hydroxylation is 1. The number of carbonyl (C=O) groups is 1. The van der Waals surface area contributed by atoms with Crippen molar-refractivity contribution in [1.82, 2.24) is 19.6 Å². The minimum Gasteiger partial charge on any atom is -0.308 e. The van der Waals surface area contributed by atoms with Crippen LogP contribution in [-0.4, -0.2) is 25.5 Å². The predicted molar refractivity (Wildman–Crippen MR) is 102 cm³/mol. The molecule has 0 saturated heterocycles. The summed E-state index contributed by atoms with van der Waals surface area (Å²) in [7, 11) is 0. The van der Waals surface area contributed by atoms with E-state index in [-0.39, 0.29) is 29.6 Å². The smallest absolute Gasteiger partial charge is 0.308 e. The molecule has 0 radical (unpaired) electrons. The second kappa shape index (κ2) is 8.47. The topological polar surface area (TPSA) is 64.7 Å². The maximum absolute atomic E-state index is 13.8. The van der Waals surface area contributed by atoms with E-state index >= 15 is 0 Å². The van der Waals surface area contributed by atoms with E-state index < -0.39 is 29.5 Å². The van der Waals surface area contributed by atoms with Crippen LogP contribution in [0.5, 0.6) is 0 Å². The fourth-order valence-electron chi connectivity index (χ4n) is 2.78. The average molecular weight is 444 g/mol. The van der Waals surface area contributed by atoms with Crippen LogP contribution in [-0.2, 0) is 24.1 Å². The van der Waals surface area contributed by atoms with E-state index in [1.54, 1.807) is 25.1 Å². The van der Waals surface area contributed by atoms with Crippen LogP contribution in [0.25, 0.3) is 0 Å². The molecule has 1 amide bonds. The van der Waals surface area contributed by atoms with Crippen molar-refractivity contribution in [2.75, 3.05) is 5.32 Å². The Morgan fingerprint density at radius 2 is 1.97 bits per heavy atom. The summed E-state index contributed by atoms with van der Waals surface area (Å²) < 4.78 is 54.7. The fraction of sp³-hybridized carbons (Fsp3) is 0.316. The summed E-state index contributed by atoms with van der Waals surface area (Å²) in [5.41, 5.74) is -0.325. The first-order chi connectivity index (χ1) is 14.0. The zero-order chi connectivity index (χ0) is 22.1. The molecule has 0 aliphatic heterocycles. The Kier molecular flexibility index (Phi) is 6.16. The monoisotopic (exact) mass is 443 g/mol. The molecule has 0 fully saturated rings. The van der Waals surface area contributed by atoms with Crippen molar-refractivity contribution in [3.63, 3.8) is 0 Å². The molecule has 0 aliphatic rings. The summed E-state index contributed by atoms with van der Waals surface area (Å²) in [6.45, 7) is 3.09. The number of amides is 1. The largest absolute Gasteiger partial charge is 0.435 e. The van der Waals surface area contributed by atoms with Crippen molar-refractivity contribution in [2.24, 2.45) is 5.92 Å². The molecule has 1 atom stereocenters. The first kappa shape index (κ1) is 21.8. The molecular weight excluding hydrogens is 426 g/mol. The second-order valence-electron chi connectivity index (χ2n) is 6.86. The van der Waals surface area contributed by atoms with E-state index in [0.29, 0.717) is 5.56 Å². The number of hydrogen-bond donors (Lipinski definition) is 1. The Morgan fingerprint density at radius 1 is 1.27 bits per heavy atom. The van der Waals surface area contributed by atoms with Gasteiger partial charge in [-0.1, -0.05) is 36.7 Å². The summed E-state index contributed by atoms with van der Waals surface area (Å²) in [5, 5.41) is 10.4. The predicted octanol–water partition coefficient (Wildman–Crippen LogP) is 4.52. The molecule has 3 aromatic rings. The third kappa shape index (κ3) is 4.99. The number of nitrogens with one attached hydrogen (secondary N) is 1. The van der Waals surface area contributed by atoms with Crippen LogP contribution < -0.4 is 5.32 Å². The molecule has 0 bridgehead atoms. The van der Waals surface area contributed by atoms with Gasteiger partial charge >= 0.3 is 6.18 Å². The molecular formula is C19H18ClF4N5O. The van der Waals surface area contributed by atoms with Crippen molar-refractivity contribution in [2.45, 2.75) is 33.1 Å². The van der Waals surface area contributed by atoms with Gasteiger partial charge in [0.25, 0.3) is 0 Å². The molecule has 1 N–H and O–H groups in total. The van der Waals surface area contributed by atoms with E-state index in [9.17, 15) is 22.4 Å². The van der Waals surface area contributed by atoms with Gasteiger partial charge in [-0.3, -0.25) is 14.2 Å². The van der Waals surface area contributed by atoms with Crippen LogP contribution in [0.15, 0.2) is 36.5 Å². The van der Waals surface area contributed by atoms with Gasteiger partial charge in [-0.05, 0) is 19.1 Å². The molecule has 11 heteroatoms. The molecule has 2 heterocycles. The van der Waals surface area contributed by atoms with Crippen molar-refractivity contribution in [3.8, 4) is 0 Å². The minimum absolute atomic E-state index is 0.0543. The Labute approximate surface area is 174 Å². The third-order valence-electron chi connectivity index (χ3n) is 4.41. The van der Waals surface area contributed by atoms with Crippen molar-refractivity contribution < 1.29 is 22.4 Å². The number of aromatic nitrogens is 4. The van der Waals surface area contributed by atoms with Gasteiger partial charge in [-0.15, -0.1) is 0 Å². The highest BCUT2D eigenvalue weighted by Crippen LogP contribution is 2.28. The van der Waals surface area contributed by atoms with Gasteiger partial charge < -0.3 is 5.32 Å². The average Bonchev–Trinajstić information content (AvgIpc) is 3.19. The number of anilines is 1. The van der Waals surface area contributed by atoms with Crippen LogP contribution in [0.4, 0.5) is 23.4 Å². The van der Waals surface area contributed by atoms with Crippen LogP contribution in [0.2, 0.25) is 5.02 Å². The Bertz CT molecular complexity index is 1060. The zero-order valence-corrected chi connectivity index (χ0v) is 16.8. The Hall–Kier alpha value is -2.88. The van der Waals surface area contributed by atoms with Crippen LogP contribution in [0.3, 0.4) is 0 Å². The minimum atomic E-state index is -4.56. The van der Waals surface area contributed by atoms with Crippen LogP contribution in [0, 0.1) is 18.7 Å². The van der Waals surface area contributed by atoms with E-state index in [2.05, 4.69) is 15.5 Å². The molecule has 6 nitrogen and oxygen atoms in total. The third-order valence-corrected chi connectivity index (χ3v) is 4.69.